The highest BCUT2D eigenvalue weighted by molar-refractivity contribution is 5.45. The Morgan fingerprint density at radius 3 is 2.76 bits per heavy atom. The van der Waals surface area contributed by atoms with Crippen LogP contribution in [0.25, 0.3) is 0 Å². The van der Waals surface area contributed by atoms with Crippen molar-refractivity contribution < 1.29 is 0 Å². The predicted octanol–water partition coefficient (Wildman–Crippen LogP) is 2.54. The van der Waals surface area contributed by atoms with Crippen LogP contribution < -0.4 is 11.1 Å². The molecule has 2 aliphatic carbocycles. The summed E-state index contributed by atoms with van der Waals surface area (Å²) < 4.78 is 0. The van der Waals surface area contributed by atoms with Crippen LogP contribution in [0.2, 0.25) is 0 Å². The molecule has 0 spiro atoms. The molecule has 3 rings (SSSR count). The van der Waals surface area contributed by atoms with Gasteiger partial charge in [0.25, 0.3) is 0 Å². The van der Waals surface area contributed by atoms with E-state index in [-0.39, 0.29) is 0 Å². The smallest absolute Gasteiger partial charge is 0.136 e. The average molecular weight is 232 g/mol. The van der Waals surface area contributed by atoms with Crippen molar-refractivity contribution in [3.05, 3.63) is 11.9 Å². The minimum atomic E-state index is 0.561. The number of nitrogens with zero attached hydrogens (tertiary/aromatic N) is 2. The van der Waals surface area contributed by atoms with E-state index in [1.54, 1.807) is 0 Å². The monoisotopic (exact) mass is 232 g/mol. The van der Waals surface area contributed by atoms with Gasteiger partial charge in [-0.1, -0.05) is 12.8 Å². The Hall–Kier alpha value is -1.32. The van der Waals surface area contributed by atoms with Crippen LogP contribution in [0.5, 0.6) is 0 Å². The molecule has 0 bridgehead atoms. The maximum atomic E-state index is 5.80. The van der Waals surface area contributed by atoms with Crippen molar-refractivity contribution in [3.63, 3.8) is 0 Å². The summed E-state index contributed by atoms with van der Waals surface area (Å²) in [6.07, 6.45) is 7.88. The molecule has 0 unspecified atom stereocenters. The van der Waals surface area contributed by atoms with Crippen molar-refractivity contribution in [1.82, 2.24) is 9.97 Å². The number of nitrogens with one attached hydrogen (secondary N) is 1. The Labute approximate surface area is 102 Å². The van der Waals surface area contributed by atoms with Crippen LogP contribution in [-0.2, 0) is 0 Å². The van der Waals surface area contributed by atoms with Gasteiger partial charge in [-0.3, -0.25) is 0 Å². The lowest BCUT2D eigenvalue weighted by atomic mass is 10.2. The zero-order valence-electron chi connectivity index (χ0n) is 10.2. The quantitative estimate of drug-likeness (QED) is 0.740. The van der Waals surface area contributed by atoms with Gasteiger partial charge in [0.1, 0.15) is 17.5 Å². The van der Waals surface area contributed by atoms with Crippen LogP contribution in [0.15, 0.2) is 6.07 Å². The minimum absolute atomic E-state index is 0.561. The molecule has 17 heavy (non-hydrogen) atoms. The summed E-state index contributed by atoms with van der Waals surface area (Å²) in [6.45, 7) is 0.997. The van der Waals surface area contributed by atoms with E-state index >= 15 is 0 Å². The number of anilines is 2. The van der Waals surface area contributed by atoms with Gasteiger partial charge in [-0.2, -0.15) is 0 Å². The van der Waals surface area contributed by atoms with Crippen LogP contribution in [0.3, 0.4) is 0 Å². The summed E-state index contributed by atoms with van der Waals surface area (Å²) in [7, 11) is 0. The molecule has 92 valence electrons. The highest BCUT2D eigenvalue weighted by Gasteiger charge is 2.27. The van der Waals surface area contributed by atoms with Gasteiger partial charge < -0.3 is 11.1 Å². The molecule has 0 amide bonds. The second kappa shape index (κ2) is 4.51. The molecule has 2 saturated carbocycles. The summed E-state index contributed by atoms with van der Waals surface area (Å²) >= 11 is 0. The maximum absolute atomic E-state index is 5.80. The lowest BCUT2D eigenvalue weighted by molar-refractivity contribution is 0.686. The molecule has 0 aromatic carbocycles. The zero-order valence-corrected chi connectivity index (χ0v) is 10.2. The first-order valence-corrected chi connectivity index (χ1v) is 6.69. The van der Waals surface area contributed by atoms with Crippen molar-refractivity contribution in [2.75, 3.05) is 17.6 Å². The largest absolute Gasteiger partial charge is 0.384 e. The third-order valence-electron chi connectivity index (χ3n) is 3.50. The predicted molar refractivity (Wildman–Crippen MR) is 68.9 cm³/mol. The van der Waals surface area contributed by atoms with Gasteiger partial charge in [-0.15, -0.1) is 0 Å². The minimum Gasteiger partial charge on any atom is -0.384 e. The van der Waals surface area contributed by atoms with Gasteiger partial charge >= 0.3 is 0 Å². The lowest BCUT2D eigenvalue weighted by Crippen LogP contribution is -2.07. The Balaban J connectivity index is 1.53. The van der Waals surface area contributed by atoms with Gasteiger partial charge in [-0.25, -0.2) is 9.97 Å². The molecule has 0 radical (unpaired) electrons. The Morgan fingerprint density at radius 1 is 1.24 bits per heavy atom. The second-order valence-corrected chi connectivity index (χ2v) is 5.32. The van der Waals surface area contributed by atoms with Crippen molar-refractivity contribution >= 4 is 11.6 Å². The van der Waals surface area contributed by atoms with E-state index in [1.165, 1.54) is 38.5 Å². The molecule has 2 fully saturated rings. The summed E-state index contributed by atoms with van der Waals surface area (Å²) in [5.74, 6) is 3.98. The fourth-order valence-electron chi connectivity index (χ4n) is 2.11. The lowest BCUT2D eigenvalue weighted by Gasteiger charge is -2.07. The van der Waals surface area contributed by atoms with Gasteiger partial charge in [0, 0.05) is 18.5 Å². The highest BCUT2D eigenvalue weighted by Crippen LogP contribution is 2.38. The van der Waals surface area contributed by atoms with E-state index in [9.17, 15) is 0 Å². The second-order valence-electron chi connectivity index (χ2n) is 5.32. The van der Waals surface area contributed by atoms with Crippen molar-refractivity contribution in [2.45, 2.75) is 44.4 Å². The molecule has 0 saturated heterocycles. The van der Waals surface area contributed by atoms with E-state index < -0.39 is 0 Å². The molecular weight excluding hydrogens is 212 g/mol. The number of rotatable bonds is 6. The molecule has 1 aromatic rings. The standard InChI is InChI=1S/C13H20N4/c14-11-8-12(15-7-1-2-9-3-4-9)17-13(16-11)10-5-6-10/h8-10H,1-7H2,(H3,14,15,16,17). The third kappa shape index (κ3) is 3.08. The summed E-state index contributed by atoms with van der Waals surface area (Å²) in [4.78, 5) is 8.81. The zero-order chi connectivity index (χ0) is 11.7. The van der Waals surface area contributed by atoms with Crippen molar-refractivity contribution in [2.24, 2.45) is 5.92 Å². The fourth-order valence-corrected chi connectivity index (χ4v) is 2.11. The van der Waals surface area contributed by atoms with Crippen LogP contribution in [0.1, 0.15) is 50.3 Å². The number of nitrogens with two attached hydrogens (primary N) is 1. The summed E-state index contributed by atoms with van der Waals surface area (Å²) in [5, 5.41) is 3.36. The van der Waals surface area contributed by atoms with Crippen LogP contribution in [-0.4, -0.2) is 16.5 Å². The molecule has 2 aliphatic rings. The van der Waals surface area contributed by atoms with E-state index in [4.69, 9.17) is 5.73 Å². The van der Waals surface area contributed by atoms with E-state index in [0.29, 0.717) is 11.7 Å². The Kier molecular flexibility index (Phi) is 2.87. The van der Waals surface area contributed by atoms with Crippen LogP contribution in [0.4, 0.5) is 11.6 Å². The van der Waals surface area contributed by atoms with E-state index in [1.807, 2.05) is 6.07 Å². The average Bonchev–Trinajstić information content (AvgIpc) is 3.16. The van der Waals surface area contributed by atoms with Gasteiger partial charge in [0.15, 0.2) is 0 Å². The first-order valence-electron chi connectivity index (χ1n) is 6.69. The molecule has 1 heterocycles. The van der Waals surface area contributed by atoms with E-state index in [2.05, 4.69) is 15.3 Å². The van der Waals surface area contributed by atoms with Gasteiger partial charge in [-0.05, 0) is 31.6 Å². The summed E-state index contributed by atoms with van der Waals surface area (Å²) in [5.41, 5.74) is 5.80. The van der Waals surface area contributed by atoms with E-state index in [0.717, 1.165) is 24.1 Å². The SMILES string of the molecule is Nc1cc(NCCCC2CC2)nc(C2CC2)n1. The fraction of sp³-hybridized carbons (Fsp3) is 0.692. The van der Waals surface area contributed by atoms with Crippen molar-refractivity contribution in [3.8, 4) is 0 Å². The Bertz CT molecular complexity index is 396. The molecule has 0 aliphatic heterocycles. The number of nitrogen functional groups attached to an aromatic ring is 1. The maximum Gasteiger partial charge on any atom is 0.136 e. The molecule has 4 nitrogen and oxygen atoms in total. The molecule has 3 N–H and O–H groups in total. The van der Waals surface area contributed by atoms with Crippen LogP contribution in [0, 0.1) is 5.92 Å². The van der Waals surface area contributed by atoms with Crippen molar-refractivity contribution in [1.29, 1.82) is 0 Å². The highest BCUT2D eigenvalue weighted by atomic mass is 15.1. The van der Waals surface area contributed by atoms with Gasteiger partial charge in [0.05, 0.1) is 0 Å². The normalized spacial score (nSPS) is 19.3. The first kappa shape index (κ1) is 10.8. The summed E-state index contributed by atoms with van der Waals surface area (Å²) in [6, 6.07) is 1.84. The first-order chi connectivity index (χ1) is 8.31. The number of aromatic nitrogens is 2. The molecular formula is C13H20N4. The molecule has 0 atom stereocenters. The topological polar surface area (TPSA) is 63.8 Å². The third-order valence-corrected chi connectivity index (χ3v) is 3.50. The number of hydrogen-bond donors (Lipinski definition) is 2. The van der Waals surface area contributed by atoms with Gasteiger partial charge in [0.2, 0.25) is 0 Å². The number of hydrogen-bond acceptors (Lipinski definition) is 4. The van der Waals surface area contributed by atoms with Crippen LogP contribution >= 0.6 is 0 Å². The molecule has 1 aromatic heterocycles. The molecule has 4 heteroatoms. The Morgan fingerprint density at radius 2 is 2.06 bits per heavy atom.